The third-order valence-electron chi connectivity index (χ3n) is 3.31. The van der Waals surface area contributed by atoms with Crippen LogP contribution in [0.25, 0.3) is 5.57 Å². The Bertz CT molecular complexity index is 558. The lowest BCUT2D eigenvalue weighted by Gasteiger charge is -2.12. The van der Waals surface area contributed by atoms with Crippen molar-refractivity contribution in [2.24, 2.45) is 0 Å². The van der Waals surface area contributed by atoms with Crippen LogP contribution in [0.15, 0.2) is 48.8 Å². The van der Waals surface area contributed by atoms with Crippen LogP contribution in [0, 0.1) is 0 Å². The topological polar surface area (TPSA) is 37.8 Å². The van der Waals surface area contributed by atoms with E-state index in [1.54, 1.807) is 0 Å². The summed E-state index contributed by atoms with van der Waals surface area (Å²) >= 11 is 0. The van der Waals surface area contributed by atoms with E-state index >= 15 is 0 Å². The average Bonchev–Trinajstić information content (AvgIpc) is 2.50. The molecule has 2 heterocycles. The monoisotopic (exact) mass is 251 g/mol. The predicted octanol–water partition coefficient (Wildman–Crippen LogP) is 2.44. The molecule has 0 atom stereocenters. The zero-order chi connectivity index (χ0) is 12.9. The molecular weight excluding hydrogens is 234 g/mol. The van der Waals surface area contributed by atoms with E-state index < -0.39 is 0 Å². The summed E-state index contributed by atoms with van der Waals surface area (Å²) in [4.78, 5) is 8.98. The average molecular weight is 251 g/mol. The first kappa shape index (κ1) is 12.1. The lowest BCUT2D eigenvalue weighted by Crippen LogP contribution is -2.20. The van der Waals surface area contributed by atoms with Crippen LogP contribution < -0.4 is 5.32 Å². The van der Waals surface area contributed by atoms with E-state index in [0.717, 1.165) is 37.3 Å². The van der Waals surface area contributed by atoms with Gasteiger partial charge in [-0.15, -0.1) is 0 Å². The minimum atomic E-state index is 0.873. The molecule has 2 aromatic rings. The molecule has 0 saturated heterocycles. The van der Waals surface area contributed by atoms with Crippen molar-refractivity contribution < 1.29 is 0 Å². The van der Waals surface area contributed by atoms with Gasteiger partial charge in [0.25, 0.3) is 0 Å². The molecule has 0 amide bonds. The number of nitrogens with zero attached hydrogens (tertiary/aromatic N) is 2. The van der Waals surface area contributed by atoms with Crippen molar-refractivity contribution in [1.82, 2.24) is 15.3 Å². The molecule has 1 aliphatic rings. The lowest BCUT2D eigenvalue weighted by atomic mass is 10.1. The Morgan fingerprint density at radius 2 is 1.79 bits per heavy atom. The van der Waals surface area contributed by atoms with E-state index in [1.807, 2.05) is 18.5 Å². The minimum Gasteiger partial charge on any atom is -0.313 e. The van der Waals surface area contributed by atoms with Gasteiger partial charge in [0.1, 0.15) is 0 Å². The largest absolute Gasteiger partial charge is 0.313 e. The molecule has 96 valence electrons. The quantitative estimate of drug-likeness (QED) is 0.910. The lowest BCUT2D eigenvalue weighted by molar-refractivity contribution is 0.734. The molecule has 1 aromatic heterocycles. The Labute approximate surface area is 113 Å². The molecular formula is C16H17N3. The van der Waals surface area contributed by atoms with Crippen molar-refractivity contribution in [2.45, 2.75) is 12.8 Å². The Kier molecular flexibility index (Phi) is 3.65. The van der Waals surface area contributed by atoms with E-state index in [9.17, 15) is 0 Å². The summed E-state index contributed by atoms with van der Waals surface area (Å²) in [5.41, 5.74) is 3.70. The number of hydrogen-bond donors (Lipinski definition) is 1. The molecule has 19 heavy (non-hydrogen) atoms. The van der Waals surface area contributed by atoms with Gasteiger partial charge in [0.2, 0.25) is 0 Å². The maximum absolute atomic E-state index is 4.49. The number of nitrogens with one attached hydrogen (secondary N) is 1. The third-order valence-corrected chi connectivity index (χ3v) is 3.31. The smallest absolute Gasteiger partial charge is 0.154 e. The number of aromatic nitrogens is 2. The van der Waals surface area contributed by atoms with Crippen LogP contribution in [0.4, 0.5) is 0 Å². The van der Waals surface area contributed by atoms with Crippen LogP contribution in [0.3, 0.4) is 0 Å². The first-order valence-electron chi connectivity index (χ1n) is 6.67. The van der Waals surface area contributed by atoms with E-state index in [2.05, 4.69) is 45.6 Å². The first-order chi connectivity index (χ1) is 9.42. The second kappa shape index (κ2) is 5.76. The fourth-order valence-electron chi connectivity index (χ4n) is 2.27. The zero-order valence-corrected chi connectivity index (χ0v) is 10.8. The van der Waals surface area contributed by atoms with Gasteiger partial charge >= 0.3 is 0 Å². The van der Waals surface area contributed by atoms with Crippen LogP contribution in [0.1, 0.15) is 23.4 Å². The first-order valence-corrected chi connectivity index (χ1v) is 6.67. The van der Waals surface area contributed by atoms with Gasteiger partial charge in [0, 0.05) is 25.4 Å². The highest BCUT2D eigenvalue weighted by Gasteiger charge is 2.08. The molecule has 1 aromatic carbocycles. The van der Waals surface area contributed by atoms with Crippen LogP contribution in [0.5, 0.6) is 0 Å². The van der Waals surface area contributed by atoms with Crippen LogP contribution in [-0.2, 0) is 6.42 Å². The SMILES string of the molecule is C1=C(c2ncc(Cc3ccccc3)cn2)CCNC1. The molecule has 0 unspecified atom stereocenters. The van der Waals surface area contributed by atoms with Gasteiger partial charge in [-0.3, -0.25) is 0 Å². The fraction of sp³-hybridized carbons (Fsp3) is 0.250. The van der Waals surface area contributed by atoms with Gasteiger partial charge in [-0.25, -0.2) is 9.97 Å². The van der Waals surface area contributed by atoms with Gasteiger partial charge in [-0.1, -0.05) is 36.4 Å². The maximum atomic E-state index is 4.49. The van der Waals surface area contributed by atoms with Crippen molar-refractivity contribution in [3.63, 3.8) is 0 Å². The van der Waals surface area contributed by atoms with E-state index in [0.29, 0.717) is 0 Å². The second-order valence-corrected chi connectivity index (χ2v) is 4.76. The van der Waals surface area contributed by atoms with Crippen molar-refractivity contribution in [3.05, 3.63) is 65.8 Å². The molecule has 3 nitrogen and oxygen atoms in total. The van der Waals surface area contributed by atoms with Gasteiger partial charge < -0.3 is 5.32 Å². The van der Waals surface area contributed by atoms with Crippen molar-refractivity contribution in [1.29, 1.82) is 0 Å². The molecule has 0 fully saturated rings. The van der Waals surface area contributed by atoms with Crippen LogP contribution in [-0.4, -0.2) is 23.1 Å². The second-order valence-electron chi connectivity index (χ2n) is 4.76. The molecule has 1 N–H and O–H groups in total. The Morgan fingerprint density at radius 3 is 2.47 bits per heavy atom. The maximum Gasteiger partial charge on any atom is 0.154 e. The van der Waals surface area contributed by atoms with E-state index in [4.69, 9.17) is 0 Å². The summed E-state index contributed by atoms with van der Waals surface area (Å²) in [6.07, 6.45) is 7.96. The summed E-state index contributed by atoms with van der Waals surface area (Å²) < 4.78 is 0. The predicted molar refractivity (Wildman–Crippen MR) is 76.7 cm³/mol. The molecule has 0 spiro atoms. The number of hydrogen-bond acceptors (Lipinski definition) is 3. The Morgan fingerprint density at radius 1 is 1.00 bits per heavy atom. The van der Waals surface area contributed by atoms with Gasteiger partial charge in [-0.05, 0) is 29.7 Å². The summed E-state index contributed by atoms with van der Waals surface area (Å²) in [7, 11) is 0. The molecule has 0 saturated carbocycles. The number of rotatable bonds is 3. The number of benzene rings is 1. The highest BCUT2D eigenvalue weighted by atomic mass is 14.9. The highest BCUT2D eigenvalue weighted by Crippen LogP contribution is 2.16. The van der Waals surface area contributed by atoms with Crippen molar-refractivity contribution >= 4 is 5.57 Å². The standard InChI is InChI=1S/C16H17N3/c1-2-4-13(5-3-1)10-14-11-18-16(19-12-14)15-6-8-17-9-7-15/h1-6,11-12,17H,7-10H2. The molecule has 0 radical (unpaired) electrons. The molecule has 3 rings (SSSR count). The molecule has 1 aliphatic heterocycles. The third kappa shape index (κ3) is 3.06. The Hall–Kier alpha value is -2.00. The Balaban J connectivity index is 1.74. The summed E-state index contributed by atoms with van der Waals surface area (Å²) in [6.45, 7) is 1.94. The van der Waals surface area contributed by atoms with Gasteiger partial charge in [0.05, 0.1) is 0 Å². The summed E-state index contributed by atoms with van der Waals surface area (Å²) in [5.74, 6) is 0.873. The van der Waals surface area contributed by atoms with Gasteiger partial charge in [-0.2, -0.15) is 0 Å². The van der Waals surface area contributed by atoms with E-state index in [-0.39, 0.29) is 0 Å². The summed E-state index contributed by atoms with van der Waals surface area (Å²) in [6, 6.07) is 10.4. The molecule has 0 aliphatic carbocycles. The molecule has 3 heteroatoms. The summed E-state index contributed by atoms with van der Waals surface area (Å²) in [5, 5.41) is 3.30. The van der Waals surface area contributed by atoms with Crippen LogP contribution >= 0.6 is 0 Å². The fourth-order valence-corrected chi connectivity index (χ4v) is 2.27. The van der Waals surface area contributed by atoms with Crippen molar-refractivity contribution in [3.8, 4) is 0 Å². The van der Waals surface area contributed by atoms with Crippen molar-refractivity contribution in [2.75, 3.05) is 13.1 Å². The van der Waals surface area contributed by atoms with Gasteiger partial charge in [0.15, 0.2) is 5.82 Å². The minimum absolute atomic E-state index is 0.873. The normalized spacial score (nSPS) is 15.1. The van der Waals surface area contributed by atoms with Crippen LogP contribution in [0.2, 0.25) is 0 Å². The van der Waals surface area contributed by atoms with E-state index in [1.165, 1.54) is 11.1 Å². The highest BCUT2D eigenvalue weighted by molar-refractivity contribution is 5.60. The molecule has 0 bridgehead atoms. The zero-order valence-electron chi connectivity index (χ0n) is 10.8.